The number of likely N-dealkylation sites (tertiary alicyclic amines) is 1. The standard InChI is InChI=1S/C18H21FN4O3/c1-11-5-13(17(24)25)10-22(8-11)18(26)21-14-3-4-16(15(19)6-14)23-9-12(2)7-20-23/h3-4,6-7,9,11,13H,5,8,10H2,1-2H3,(H,21,26)(H,24,25). The first-order chi connectivity index (χ1) is 12.3. The number of hydrogen-bond acceptors (Lipinski definition) is 3. The van der Waals surface area contributed by atoms with E-state index in [0.717, 1.165) is 5.56 Å². The van der Waals surface area contributed by atoms with Crippen LogP contribution in [0.1, 0.15) is 18.9 Å². The maximum atomic E-state index is 14.4. The molecule has 7 nitrogen and oxygen atoms in total. The van der Waals surface area contributed by atoms with E-state index in [1.165, 1.54) is 21.7 Å². The summed E-state index contributed by atoms with van der Waals surface area (Å²) in [7, 11) is 0. The Labute approximate surface area is 150 Å². The van der Waals surface area contributed by atoms with Gasteiger partial charge in [0.2, 0.25) is 0 Å². The number of carboxylic acids is 1. The van der Waals surface area contributed by atoms with Gasteiger partial charge < -0.3 is 15.3 Å². The molecule has 3 rings (SSSR count). The number of anilines is 1. The van der Waals surface area contributed by atoms with Gasteiger partial charge in [-0.25, -0.2) is 13.9 Å². The molecule has 1 fully saturated rings. The summed E-state index contributed by atoms with van der Waals surface area (Å²) >= 11 is 0. The van der Waals surface area contributed by atoms with Gasteiger partial charge >= 0.3 is 12.0 Å². The molecule has 0 spiro atoms. The van der Waals surface area contributed by atoms with Crippen molar-refractivity contribution in [3.63, 3.8) is 0 Å². The Morgan fingerprint density at radius 3 is 2.73 bits per heavy atom. The highest BCUT2D eigenvalue weighted by atomic mass is 19.1. The first-order valence-electron chi connectivity index (χ1n) is 8.43. The first-order valence-corrected chi connectivity index (χ1v) is 8.43. The molecule has 2 N–H and O–H groups in total. The van der Waals surface area contributed by atoms with E-state index in [9.17, 15) is 19.1 Å². The van der Waals surface area contributed by atoms with Gasteiger partial charge in [-0.15, -0.1) is 0 Å². The average Bonchev–Trinajstić information content (AvgIpc) is 3.00. The van der Waals surface area contributed by atoms with E-state index >= 15 is 0 Å². The van der Waals surface area contributed by atoms with Crippen molar-refractivity contribution in [2.75, 3.05) is 18.4 Å². The van der Waals surface area contributed by atoms with Crippen LogP contribution in [0.3, 0.4) is 0 Å². The summed E-state index contributed by atoms with van der Waals surface area (Å²) in [5.41, 5.74) is 1.51. The van der Waals surface area contributed by atoms with Crippen molar-refractivity contribution in [3.8, 4) is 5.69 Å². The monoisotopic (exact) mass is 360 g/mol. The molecule has 1 aromatic heterocycles. The molecule has 2 aromatic rings. The molecule has 2 amide bonds. The molecular formula is C18H21FN4O3. The lowest BCUT2D eigenvalue weighted by atomic mass is 9.91. The fourth-order valence-electron chi connectivity index (χ4n) is 3.21. The van der Waals surface area contributed by atoms with Gasteiger partial charge in [-0.05, 0) is 43.0 Å². The molecular weight excluding hydrogens is 339 g/mol. The third-order valence-corrected chi connectivity index (χ3v) is 4.45. The van der Waals surface area contributed by atoms with Crippen molar-refractivity contribution < 1.29 is 19.1 Å². The molecule has 1 saturated heterocycles. The number of aromatic nitrogens is 2. The molecule has 2 unspecified atom stereocenters. The number of aryl methyl sites for hydroxylation is 1. The summed E-state index contributed by atoms with van der Waals surface area (Å²) in [4.78, 5) is 25.1. The van der Waals surface area contributed by atoms with Gasteiger partial charge in [0.15, 0.2) is 5.82 Å². The second kappa shape index (κ2) is 7.15. The van der Waals surface area contributed by atoms with Crippen LogP contribution < -0.4 is 5.32 Å². The smallest absolute Gasteiger partial charge is 0.321 e. The van der Waals surface area contributed by atoms with E-state index in [-0.39, 0.29) is 18.2 Å². The average molecular weight is 360 g/mol. The van der Waals surface area contributed by atoms with E-state index in [1.54, 1.807) is 18.5 Å². The van der Waals surface area contributed by atoms with E-state index in [4.69, 9.17) is 0 Å². The third kappa shape index (κ3) is 3.84. The zero-order valence-corrected chi connectivity index (χ0v) is 14.6. The number of benzene rings is 1. The predicted molar refractivity (Wildman–Crippen MR) is 93.8 cm³/mol. The fraction of sp³-hybridized carbons (Fsp3) is 0.389. The number of carbonyl (C=O) groups excluding carboxylic acids is 1. The van der Waals surface area contributed by atoms with Crippen molar-refractivity contribution in [1.29, 1.82) is 0 Å². The zero-order chi connectivity index (χ0) is 18.8. The molecule has 2 heterocycles. The number of urea groups is 1. The van der Waals surface area contributed by atoms with Crippen LogP contribution in [0.2, 0.25) is 0 Å². The maximum Gasteiger partial charge on any atom is 0.321 e. The molecule has 26 heavy (non-hydrogen) atoms. The van der Waals surface area contributed by atoms with Crippen molar-refractivity contribution in [3.05, 3.63) is 42.0 Å². The van der Waals surface area contributed by atoms with Gasteiger partial charge in [-0.2, -0.15) is 5.10 Å². The summed E-state index contributed by atoms with van der Waals surface area (Å²) in [6, 6.07) is 3.93. The second-order valence-corrected chi connectivity index (χ2v) is 6.84. The van der Waals surface area contributed by atoms with Gasteiger partial charge in [-0.3, -0.25) is 4.79 Å². The van der Waals surface area contributed by atoms with Crippen LogP contribution >= 0.6 is 0 Å². The van der Waals surface area contributed by atoms with Crippen LogP contribution in [0.25, 0.3) is 5.69 Å². The lowest BCUT2D eigenvalue weighted by molar-refractivity contribution is -0.143. The minimum Gasteiger partial charge on any atom is -0.481 e. The Morgan fingerprint density at radius 1 is 1.35 bits per heavy atom. The van der Waals surface area contributed by atoms with Gasteiger partial charge in [0.25, 0.3) is 0 Å². The van der Waals surface area contributed by atoms with Gasteiger partial charge in [0, 0.05) is 25.0 Å². The number of rotatable bonds is 3. The summed E-state index contributed by atoms with van der Waals surface area (Å²) < 4.78 is 15.8. The summed E-state index contributed by atoms with van der Waals surface area (Å²) in [6.07, 6.45) is 3.88. The highest BCUT2D eigenvalue weighted by Gasteiger charge is 2.31. The number of amides is 2. The topological polar surface area (TPSA) is 87.5 Å². The van der Waals surface area contributed by atoms with E-state index in [0.29, 0.717) is 18.7 Å². The highest BCUT2D eigenvalue weighted by molar-refractivity contribution is 5.90. The van der Waals surface area contributed by atoms with Crippen molar-refractivity contribution >= 4 is 17.7 Å². The predicted octanol–water partition coefficient (Wildman–Crippen LogP) is 2.89. The van der Waals surface area contributed by atoms with Crippen LogP contribution in [-0.4, -0.2) is 44.9 Å². The number of halogens is 1. The number of piperidine rings is 1. The Balaban J connectivity index is 1.71. The van der Waals surface area contributed by atoms with Crippen LogP contribution in [0, 0.1) is 24.6 Å². The number of nitrogens with zero attached hydrogens (tertiary/aromatic N) is 3. The Bertz CT molecular complexity index is 836. The van der Waals surface area contributed by atoms with Crippen LogP contribution in [0.15, 0.2) is 30.6 Å². The Morgan fingerprint density at radius 2 is 2.12 bits per heavy atom. The number of carbonyl (C=O) groups is 2. The molecule has 8 heteroatoms. The normalized spacial score (nSPS) is 20.0. The number of carboxylic acid groups (broad SMARTS) is 1. The molecule has 1 aromatic carbocycles. The van der Waals surface area contributed by atoms with Gasteiger partial charge in [0.05, 0.1) is 12.1 Å². The lowest BCUT2D eigenvalue weighted by Gasteiger charge is -2.34. The van der Waals surface area contributed by atoms with Crippen molar-refractivity contribution in [1.82, 2.24) is 14.7 Å². The molecule has 2 atom stereocenters. The largest absolute Gasteiger partial charge is 0.481 e. The van der Waals surface area contributed by atoms with Crippen molar-refractivity contribution in [2.24, 2.45) is 11.8 Å². The fourth-order valence-corrected chi connectivity index (χ4v) is 3.21. The van der Waals surface area contributed by atoms with Crippen LogP contribution in [0.4, 0.5) is 14.9 Å². The van der Waals surface area contributed by atoms with Crippen LogP contribution in [0.5, 0.6) is 0 Å². The Kier molecular flexibility index (Phi) is 4.92. The van der Waals surface area contributed by atoms with E-state index in [2.05, 4.69) is 10.4 Å². The molecule has 138 valence electrons. The van der Waals surface area contributed by atoms with E-state index < -0.39 is 23.7 Å². The van der Waals surface area contributed by atoms with E-state index in [1.807, 2.05) is 13.8 Å². The quantitative estimate of drug-likeness (QED) is 0.881. The summed E-state index contributed by atoms with van der Waals surface area (Å²) in [6.45, 7) is 4.40. The Hall–Kier alpha value is -2.90. The molecule has 0 radical (unpaired) electrons. The maximum absolute atomic E-state index is 14.4. The summed E-state index contributed by atoms with van der Waals surface area (Å²) in [5.74, 6) is -1.90. The molecule has 1 aliphatic heterocycles. The number of hydrogen-bond donors (Lipinski definition) is 2. The van der Waals surface area contributed by atoms with Gasteiger partial charge in [0.1, 0.15) is 5.69 Å². The third-order valence-electron chi connectivity index (χ3n) is 4.45. The zero-order valence-electron chi connectivity index (χ0n) is 14.6. The minimum absolute atomic E-state index is 0.0952. The van der Waals surface area contributed by atoms with Gasteiger partial charge in [-0.1, -0.05) is 6.92 Å². The first kappa shape index (κ1) is 17.9. The lowest BCUT2D eigenvalue weighted by Crippen LogP contribution is -2.47. The highest BCUT2D eigenvalue weighted by Crippen LogP contribution is 2.23. The molecule has 0 aliphatic carbocycles. The SMILES string of the molecule is Cc1cnn(-c2ccc(NC(=O)N3CC(C)CC(C(=O)O)C3)cc2F)c1. The summed E-state index contributed by atoms with van der Waals surface area (Å²) in [5, 5.41) is 15.9. The molecule has 0 bridgehead atoms. The molecule has 1 aliphatic rings. The second-order valence-electron chi connectivity index (χ2n) is 6.84. The number of nitrogens with one attached hydrogen (secondary N) is 1. The molecule has 0 saturated carbocycles. The van der Waals surface area contributed by atoms with Crippen molar-refractivity contribution in [2.45, 2.75) is 20.3 Å². The number of aliphatic carboxylic acids is 1. The minimum atomic E-state index is -0.903. The van der Waals surface area contributed by atoms with Crippen LogP contribution in [-0.2, 0) is 4.79 Å².